The average molecular weight is 383 g/mol. The van der Waals surface area contributed by atoms with Crippen LogP contribution in [0.25, 0.3) is 0 Å². The number of amides is 1. The molecule has 6 heteroatoms. The number of ether oxygens (including phenoxy) is 2. The van der Waals surface area contributed by atoms with Crippen LogP contribution in [0.4, 0.5) is 5.69 Å². The van der Waals surface area contributed by atoms with Crippen LogP contribution in [0.3, 0.4) is 0 Å². The summed E-state index contributed by atoms with van der Waals surface area (Å²) >= 11 is 0. The van der Waals surface area contributed by atoms with Gasteiger partial charge in [0.15, 0.2) is 0 Å². The standard InChI is InChI=1S/C22H25NO5/c1-15-3-5-18(6-4-15)22(7-9-28-10-8-22)21(26)23-19-12-16(14-27-2)11-17(13-19)20(24)25/h3-6,11-13H,7-10,14H2,1-2H3,(H,23,26)(H,24,25). The molecule has 0 spiro atoms. The number of anilines is 1. The van der Waals surface area contributed by atoms with Gasteiger partial charge in [-0.2, -0.15) is 0 Å². The third-order valence-electron chi connectivity index (χ3n) is 5.19. The van der Waals surface area contributed by atoms with Crippen molar-refractivity contribution in [2.75, 3.05) is 25.6 Å². The van der Waals surface area contributed by atoms with Gasteiger partial charge in [0.2, 0.25) is 5.91 Å². The number of aromatic carboxylic acids is 1. The summed E-state index contributed by atoms with van der Waals surface area (Å²) in [7, 11) is 1.54. The zero-order valence-corrected chi connectivity index (χ0v) is 16.2. The summed E-state index contributed by atoms with van der Waals surface area (Å²) in [6.07, 6.45) is 1.15. The number of carbonyl (C=O) groups excluding carboxylic acids is 1. The molecular formula is C22H25NO5. The number of hydrogen-bond donors (Lipinski definition) is 2. The van der Waals surface area contributed by atoms with E-state index >= 15 is 0 Å². The molecule has 0 aliphatic carbocycles. The Bertz CT molecular complexity index is 854. The monoisotopic (exact) mass is 383 g/mol. The molecule has 1 heterocycles. The van der Waals surface area contributed by atoms with E-state index in [1.54, 1.807) is 19.2 Å². The molecule has 2 aromatic rings. The quantitative estimate of drug-likeness (QED) is 0.797. The normalized spacial score (nSPS) is 15.8. The van der Waals surface area contributed by atoms with Crippen LogP contribution in [0.2, 0.25) is 0 Å². The van der Waals surface area contributed by atoms with Crippen molar-refractivity contribution in [2.45, 2.75) is 31.8 Å². The number of carboxylic acid groups (broad SMARTS) is 1. The van der Waals surface area contributed by atoms with Gasteiger partial charge in [-0.1, -0.05) is 29.8 Å². The van der Waals surface area contributed by atoms with Crippen LogP contribution in [0, 0.1) is 6.92 Å². The van der Waals surface area contributed by atoms with Crippen LogP contribution in [0.5, 0.6) is 0 Å². The molecule has 1 aliphatic heterocycles. The van der Waals surface area contributed by atoms with E-state index in [-0.39, 0.29) is 18.1 Å². The lowest BCUT2D eigenvalue weighted by Gasteiger charge is -2.36. The number of carboxylic acids is 1. The topological polar surface area (TPSA) is 84.9 Å². The van der Waals surface area contributed by atoms with Gasteiger partial charge in [-0.3, -0.25) is 4.79 Å². The molecule has 6 nitrogen and oxygen atoms in total. The Balaban J connectivity index is 1.94. The summed E-state index contributed by atoms with van der Waals surface area (Å²) in [6, 6.07) is 12.8. The van der Waals surface area contributed by atoms with E-state index in [2.05, 4.69) is 5.32 Å². The fourth-order valence-electron chi connectivity index (χ4n) is 3.63. The molecule has 1 aliphatic rings. The Morgan fingerprint density at radius 3 is 2.43 bits per heavy atom. The Kier molecular flexibility index (Phi) is 6.11. The van der Waals surface area contributed by atoms with E-state index in [0.29, 0.717) is 37.3 Å². The minimum Gasteiger partial charge on any atom is -0.478 e. The second-order valence-electron chi connectivity index (χ2n) is 7.17. The molecule has 0 aromatic heterocycles. The lowest BCUT2D eigenvalue weighted by molar-refractivity contribution is -0.125. The highest BCUT2D eigenvalue weighted by Gasteiger charge is 2.41. The molecule has 2 N–H and O–H groups in total. The van der Waals surface area contributed by atoms with E-state index in [9.17, 15) is 14.7 Å². The minimum absolute atomic E-state index is 0.112. The van der Waals surface area contributed by atoms with Crippen LogP contribution in [0.1, 0.15) is 39.9 Å². The summed E-state index contributed by atoms with van der Waals surface area (Å²) < 4.78 is 10.6. The molecule has 0 radical (unpaired) electrons. The molecule has 148 valence electrons. The molecule has 1 amide bonds. The van der Waals surface area contributed by atoms with Gasteiger partial charge >= 0.3 is 5.97 Å². The fraction of sp³-hybridized carbons (Fsp3) is 0.364. The molecule has 0 saturated carbocycles. The van der Waals surface area contributed by atoms with E-state index in [0.717, 1.165) is 11.1 Å². The summed E-state index contributed by atoms with van der Waals surface area (Å²) in [5.41, 5.74) is 2.63. The Hall–Kier alpha value is -2.70. The second-order valence-corrected chi connectivity index (χ2v) is 7.17. The summed E-state index contributed by atoms with van der Waals surface area (Å²) in [5, 5.41) is 12.3. The predicted octanol–water partition coefficient (Wildman–Crippen LogP) is 3.53. The van der Waals surface area contributed by atoms with Crippen molar-refractivity contribution in [3.63, 3.8) is 0 Å². The Labute approximate surface area is 164 Å². The number of aryl methyl sites for hydroxylation is 1. The van der Waals surface area contributed by atoms with Crippen molar-refractivity contribution in [1.82, 2.24) is 0 Å². The van der Waals surface area contributed by atoms with Gasteiger partial charge in [0.25, 0.3) is 0 Å². The van der Waals surface area contributed by atoms with Gasteiger partial charge in [-0.25, -0.2) is 4.79 Å². The average Bonchev–Trinajstić information content (AvgIpc) is 2.69. The summed E-state index contributed by atoms with van der Waals surface area (Å²) in [6.45, 7) is 3.28. The molecule has 1 saturated heterocycles. The first-order valence-electron chi connectivity index (χ1n) is 9.27. The first-order chi connectivity index (χ1) is 13.4. The third-order valence-corrected chi connectivity index (χ3v) is 5.19. The Morgan fingerprint density at radius 2 is 1.82 bits per heavy atom. The van der Waals surface area contributed by atoms with Gasteiger partial charge < -0.3 is 19.9 Å². The molecule has 3 rings (SSSR count). The molecule has 2 aromatic carbocycles. The summed E-state index contributed by atoms with van der Waals surface area (Å²) in [4.78, 5) is 24.8. The van der Waals surface area contributed by atoms with Crippen LogP contribution in [-0.4, -0.2) is 37.3 Å². The van der Waals surface area contributed by atoms with Crippen LogP contribution >= 0.6 is 0 Å². The highest BCUT2D eigenvalue weighted by molar-refractivity contribution is 6.00. The molecular weight excluding hydrogens is 358 g/mol. The van der Waals surface area contributed by atoms with E-state index < -0.39 is 11.4 Å². The molecule has 28 heavy (non-hydrogen) atoms. The van der Waals surface area contributed by atoms with Crippen molar-refractivity contribution in [3.8, 4) is 0 Å². The zero-order valence-electron chi connectivity index (χ0n) is 16.2. The summed E-state index contributed by atoms with van der Waals surface area (Å²) in [5.74, 6) is -1.20. The van der Waals surface area contributed by atoms with Gasteiger partial charge in [-0.05, 0) is 49.1 Å². The largest absolute Gasteiger partial charge is 0.478 e. The highest BCUT2D eigenvalue weighted by atomic mass is 16.5. The SMILES string of the molecule is COCc1cc(NC(=O)C2(c3ccc(C)cc3)CCOCC2)cc(C(=O)O)c1. The van der Waals surface area contributed by atoms with Crippen molar-refractivity contribution in [1.29, 1.82) is 0 Å². The van der Waals surface area contributed by atoms with Gasteiger partial charge in [-0.15, -0.1) is 0 Å². The van der Waals surface area contributed by atoms with Crippen LogP contribution < -0.4 is 5.32 Å². The lowest BCUT2D eigenvalue weighted by atomic mass is 9.73. The highest BCUT2D eigenvalue weighted by Crippen LogP contribution is 2.36. The zero-order chi connectivity index (χ0) is 20.1. The molecule has 0 atom stereocenters. The van der Waals surface area contributed by atoms with E-state index in [1.807, 2.05) is 31.2 Å². The minimum atomic E-state index is -1.05. The maximum Gasteiger partial charge on any atom is 0.335 e. The van der Waals surface area contributed by atoms with Crippen LogP contribution in [-0.2, 0) is 26.3 Å². The second kappa shape index (κ2) is 8.54. The van der Waals surface area contributed by atoms with Crippen LogP contribution in [0.15, 0.2) is 42.5 Å². The number of rotatable bonds is 6. The van der Waals surface area contributed by atoms with Crippen molar-refractivity contribution in [3.05, 3.63) is 64.7 Å². The van der Waals surface area contributed by atoms with Gasteiger partial charge in [0, 0.05) is 26.0 Å². The number of hydrogen-bond acceptors (Lipinski definition) is 4. The third kappa shape index (κ3) is 4.24. The maximum absolute atomic E-state index is 13.4. The maximum atomic E-state index is 13.4. The molecule has 1 fully saturated rings. The van der Waals surface area contributed by atoms with Crippen molar-refractivity contribution < 1.29 is 24.2 Å². The number of carbonyl (C=O) groups is 2. The Morgan fingerprint density at radius 1 is 1.14 bits per heavy atom. The van der Waals surface area contributed by atoms with Crippen molar-refractivity contribution >= 4 is 17.6 Å². The number of methoxy groups -OCH3 is 1. The first kappa shape index (κ1) is 20.0. The lowest BCUT2D eigenvalue weighted by Crippen LogP contribution is -2.44. The smallest absolute Gasteiger partial charge is 0.335 e. The van der Waals surface area contributed by atoms with Gasteiger partial charge in [0.1, 0.15) is 0 Å². The van der Waals surface area contributed by atoms with Gasteiger partial charge in [0.05, 0.1) is 17.6 Å². The van der Waals surface area contributed by atoms with E-state index in [1.165, 1.54) is 6.07 Å². The molecule has 0 unspecified atom stereocenters. The fourth-order valence-corrected chi connectivity index (χ4v) is 3.63. The number of benzene rings is 2. The first-order valence-corrected chi connectivity index (χ1v) is 9.27. The predicted molar refractivity (Wildman–Crippen MR) is 106 cm³/mol. The van der Waals surface area contributed by atoms with Crippen molar-refractivity contribution in [2.24, 2.45) is 0 Å². The van der Waals surface area contributed by atoms with E-state index in [4.69, 9.17) is 9.47 Å². The number of nitrogens with one attached hydrogen (secondary N) is 1. The molecule has 0 bridgehead atoms.